The minimum atomic E-state index is 0.329. The lowest BCUT2D eigenvalue weighted by molar-refractivity contribution is 0.455. The van der Waals surface area contributed by atoms with Crippen molar-refractivity contribution in [1.82, 2.24) is 20.1 Å². The average molecular weight is 268 g/mol. The molecule has 0 spiro atoms. The van der Waals surface area contributed by atoms with Crippen LogP contribution in [0.15, 0.2) is 4.99 Å². The van der Waals surface area contributed by atoms with Crippen LogP contribution in [0.25, 0.3) is 0 Å². The van der Waals surface area contributed by atoms with E-state index in [0.717, 1.165) is 36.2 Å². The molecule has 0 saturated carbocycles. The SMILES string of the molecule is CC(C)c1n[nH]c(CN=C(N)N2CCSCC2)n1. The van der Waals surface area contributed by atoms with E-state index in [0.29, 0.717) is 18.4 Å². The van der Waals surface area contributed by atoms with Crippen LogP contribution >= 0.6 is 11.8 Å². The first-order chi connectivity index (χ1) is 8.66. The molecule has 1 aliphatic heterocycles. The zero-order chi connectivity index (χ0) is 13.0. The predicted octanol–water partition coefficient (Wildman–Crippen LogP) is 0.792. The third-order valence-electron chi connectivity index (χ3n) is 2.79. The van der Waals surface area contributed by atoms with Crippen LogP contribution in [0.2, 0.25) is 0 Å². The standard InChI is InChI=1S/C11H20N6S/c1-8(2)10-14-9(15-16-10)7-13-11(12)17-3-5-18-6-4-17/h8H,3-7H2,1-2H3,(H2,12,13)(H,14,15,16). The van der Waals surface area contributed by atoms with E-state index in [4.69, 9.17) is 5.73 Å². The van der Waals surface area contributed by atoms with Gasteiger partial charge in [0.05, 0.1) is 0 Å². The first-order valence-electron chi connectivity index (χ1n) is 6.20. The van der Waals surface area contributed by atoms with Gasteiger partial charge < -0.3 is 10.6 Å². The fourth-order valence-electron chi connectivity index (χ4n) is 1.69. The van der Waals surface area contributed by atoms with Gasteiger partial charge in [-0.25, -0.2) is 9.98 Å². The molecule has 2 heterocycles. The van der Waals surface area contributed by atoms with Crippen molar-refractivity contribution in [1.29, 1.82) is 0 Å². The van der Waals surface area contributed by atoms with E-state index in [9.17, 15) is 0 Å². The van der Waals surface area contributed by atoms with Crippen LogP contribution < -0.4 is 5.73 Å². The third kappa shape index (κ3) is 3.38. The van der Waals surface area contributed by atoms with Crippen molar-refractivity contribution in [2.75, 3.05) is 24.6 Å². The van der Waals surface area contributed by atoms with E-state index < -0.39 is 0 Å². The van der Waals surface area contributed by atoms with E-state index in [1.165, 1.54) is 0 Å². The Balaban J connectivity index is 1.91. The molecule has 1 aliphatic rings. The number of guanidine groups is 1. The van der Waals surface area contributed by atoms with Crippen molar-refractivity contribution >= 4 is 17.7 Å². The quantitative estimate of drug-likeness (QED) is 0.625. The summed E-state index contributed by atoms with van der Waals surface area (Å²) in [6, 6.07) is 0. The molecule has 18 heavy (non-hydrogen) atoms. The van der Waals surface area contributed by atoms with Gasteiger partial charge in [0, 0.05) is 30.5 Å². The van der Waals surface area contributed by atoms with Crippen LogP contribution in [0.3, 0.4) is 0 Å². The van der Waals surface area contributed by atoms with Crippen molar-refractivity contribution in [2.45, 2.75) is 26.3 Å². The maximum absolute atomic E-state index is 5.97. The molecule has 1 aromatic heterocycles. The van der Waals surface area contributed by atoms with Crippen LogP contribution in [0.1, 0.15) is 31.4 Å². The fourth-order valence-corrected chi connectivity index (χ4v) is 2.59. The minimum Gasteiger partial charge on any atom is -0.370 e. The van der Waals surface area contributed by atoms with Crippen molar-refractivity contribution in [2.24, 2.45) is 10.7 Å². The minimum absolute atomic E-state index is 0.329. The molecule has 6 nitrogen and oxygen atoms in total. The molecular weight excluding hydrogens is 248 g/mol. The van der Waals surface area contributed by atoms with Gasteiger partial charge in [-0.2, -0.15) is 16.9 Å². The summed E-state index contributed by atoms with van der Waals surface area (Å²) in [5.41, 5.74) is 5.97. The highest BCUT2D eigenvalue weighted by molar-refractivity contribution is 7.99. The number of rotatable bonds is 3. The Hall–Kier alpha value is -1.24. The summed E-state index contributed by atoms with van der Waals surface area (Å²) in [5.74, 6) is 4.78. The summed E-state index contributed by atoms with van der Waals surface area (Å²) < 4.78 is 0. The summed E-state index contributed by atoms with van der Waals surface area (Å²) in [6.45, 7) is 6.56. The number of nitrogens with two attached hydrogens (primary N) is 1. The van der Waals surface area contributed by atoms with Crippen LogP contribution in [0.5, 0.6) is 0 Å². The molecule has 0 amide bonds. The first kappa shape index (κ1) is 13.2. The Bertz CT molecular complexity index is 407. The average Bonchev–Trinajstić information content (AvgIpc) is 2.86. The first-order valence-corrected chi connectivity index (χ1v) is 7.36. The van der Waals surface area contributed by atoms with Crippen molar-refractivity contribution in [3.63, 3.8) is 0 Å². The zero-order valence-corrected chi connectivity index (χ0v) is 11.7. The summed E-state index contributed by atoms with van der Waals surface area (Å²) in [6.07, 6.45) is 0. The van der Waals surface area contributed by atoms with Crippen LogP contribution in [0.4, 0.5) is 0 Å². The van der Waals surface area contributed by atoms with Crippen LogP contribution in [0, 0.1) is 0 Å². The van der Waals surface area contributed by atoms with E-state index in [1.807, 2.05) is 11.8 Å². The van der Waals surface area contributed by atoms with Gasteiger partial charge in [0.1, 0.15) is 12.4 Å². The Labute approximate surface area is 111 Å². The molecular formula is C11H20N6S. The fraction of sp³-hybridized carbons (Fsp3) is 0.727. The molecule has 1 fully saturated rings. The van der Waals surface area contributed by atoms with Gasteiger partial charge in [0.25, 0.3) is 0 Å². The number of nitrogens with zero attached hydrogens (tertiary/aromatic N) is 4. The number of thioether (sulfide) groups is 1. The third-order valence-corrected chi connectivity index (χ3v) is 3.73. The van der Waals surface area contributed by atoms with E-state index >= 15 is 0 Å². The number of nitrogens with one attached hydrogen (secondary N) is 1. The number of H-pyrrole nitrogens is 1. The van der Waals surface area contributed by atoms with Gasteiger partial charge in [0.15, 0.2) is 11.8 Å². The smallest absolute Gasteiger partial charge is 0.191 e. The lowest BCUT2D eigenvalue weighted by Gasteiger charge is -2.27. The topological polar surface area (TPSA) is 83.2 Å². The highest BCUT2D eigenvalue weighted by Gasteiger charge is 2.12. The Morgan fingerprint density at radius 2 is 2.22 bits per heavy atom. The highest BCUT2D eigenvalue weighted by Crippen LogP contribution is 2.10. The Morgan fingerprint density at radius 1 is 1.50 bits per heavy atom. The molecule has 0 atom stereocenters. The largest absolute Gasteiger partial charge is 0.370 e. The summed E-state index contributed by atoms with van der Waals surface area (Å²) in [5, 5.41) is 7.04. The lowest BCUT2D eigenvalue weighted by Crippen LogP contribution is -2.42. The normalized spacial score (nSPS) is 17.5. The van der Waals surface area contributed by atoms with Crippen LogP contribution in [-0.4, -0.2) is 50.6 Å². The maximum Gasteiger partial charge on any atom is 0.191 e. The molecule has 1 saturated heterocycles. The van der Waals surface area contributed by atoms with Crippen molar-refractivity contribution in [3.05, 3.63) is 11.6 Å². The monoisotopic (exact) mass is 268 g/mol. The van der Waals surface area contributed by atoms with E-state index in [1.54, 1.807) is 0 Å². The van der Waals surface area contributed by atoms with Gasteiger partial charge in [-0.3, -0.25) is 5.10 Å². The predicted molar refractivity (Wildman–Crippen MR) is 74.7 cm³/mol. The molecule has 3 N–H and O–H groups in total. The second-order valence-corrected chi connectivity index (χ2v) is 5.79. The summed E-state index contributed by atoms with van der Waals surface area (Å²) in [4.78, 5) is 10.9. The van der Waals surface area contributed by atoms with Crippen LogP contribution in [-0.2, 0) is 6.54 Å². The Kier molecular flexibility index (Phi) is 4.46. The molecule has 100 valence electrons. The summed E-state index contributed by atoms with van der Waals surface area (Å²) >= 11 is 1.96. The van der Waals surface area contributed by atoms with Gasteiger partial charge in [0.2, 0.25) is 0 Å². The molecule has 7 heteroatoms. The second kappa shape index (κ2) is 6.08. The second-order valence-electron chi connectivity index (χ2n) is 4.57. The van der Waals surface area contributed by atoms with Gasteiger partial charge in [-0.15, -0.1) is 0 Å². The summed E-state index contributed by atoms with van der Waals surface area (Å²) in [7, 11) is 0. The van der Waals surface area contributed by atoms with E-state index in [2.05, 4.69) is 38.9 Å². The van der Waals surface area contributed by atoms with Gasteiger partial charge in [-0.05, 0) is 0 Å². The van der Waals surface area contributed by atoms with E-state index in [-0.39, 0.29) is 0 Å². The molecule has 2 rings (SSSR count). The Morgan fingerprint density at radius 3 is 2.83 bits per heavy atom. The molecule has 0 bridgehead atoms. The number of aromatic nitrogens is 3. The number of hydrogen-bond acceptors (Lipinski definition) is 4. The number of aromatic amines is 1. The van der Waals surface area contributed by atoms with Crippen molar-refractivity contribution < 1.29 is 0 Å². The molecule has 0 aliphatic carbocycles. The number of aliphatic imine (C=N–C) groups is 1. The lowest BCUT2D eigenvalue weighted by atomic mass is 10.2. The highest BCUT2D eigenvalue weighted by atomic mass is 32.2. The van der Waals surface area contributed by atoms with Gasteiger partial charge >= 0.3 is 0 Å². The van der Waals surface area contributed by atoms with Gasteiger partial charge in [-0.1, -0.05) is 13.8 Å². The maximum atomic E-state index is 5.97. The molecule has 0 radical (unpaired) electrons. The zero-order valence-electron chi connectivity index (χ0n) is 10.9. The molecule has 0 unspecified atom stereocenters. The molecule has 0 aromatic carbocycles. The van der Waals surface area contributed by atoms with Crippen molar-refractivity contribution in [3.8, 4) is 0 Å². The molecule has 1 aromatic rings. The number of hydrogen-bond donors (Lipinski definition) is 2.